The summed E-state index contributed by atoms with van der Waals surface area (Å²) in [5.41, 5.74) is 0. The zero-order valence-corrected chi connectivity index (χ0v) is 9.34. The molecule has 0 N–H and O–H groups in total. The van der Waals surface area contributed by atoms with Crippen molar-refractivity contribution in [3.63, 3.8) is 0 Å². The lowest BCUT2D eigenvalue weighted by molar-refractivity contribution is 0.300. The molecule has 0 bridgehead atoms. The van der Waals surface area contributed by atoms with Crippen LogP contribution in [0.3, 0.4) is 0 Å². The molecule has 0 spiro atoms. The third kappa shape index (κ3) is 4.69. The van der Waals surface area contributed by atoms with E-state index in [-0.39, 0.29) is 0 Å². The second-order valence-electron chi connectivity index (χ2n) is 3.61. The van der Waals surface area contributed by atoms with Crippen LogP contribution in [0.25, 0.3) is 0 Å². The summed E-state index contributed by atoms with van der Waals surface area (Å²) in [6, 6.07) is 0. The lowest BCUT2D eigenvalue weighted by Gasteiger charge is -2.17. The zero-order chi connectivity index (χ0) is 9.52. The lowest BCUT2D eigenvalue weighted by Crippen LogP contribution is -2.29. The number of thiol groups is 1. The van der Waals surface area contributed by atoms with E-state index in [0.29, 0.717) is 0 Å². The maximum atomic E-state index is 4.14. The normalized spacial score (nSPS) is 22.3. The fourth-order valence-electron chi connectivity index (χ4n) is 1.58. The Bertz CT molecular complexity index is 159. The van der Waals surface area contributed by atoms with Crippen molar-refractivity contribution in [2.45, 2.75) is 6.42 Å². The van der Waals surface area contributed by atoms with Crippen LogP contribution in [0.1, 0.15) is 6.42 Å². The van der Waals surface area contributed by atoms with E-state index in [9.17, 15) is 0 Å². The molecule has 1 aliphatic rings. The van der Waals surface area contributed by atoms with Gasteiger partial charge in [0.2, 0.25) is 0 Å². The highest BCUT2D eigenvalue weighted by Crippen LogP contribution is 2.00. The number of nitrogens with zero attached hydrogens (tertiary/aromatic N) is 2. The first kappa shape index (κ1) is 11.1. The monoisotopic (exact) mass is 200 g/mol. The molecule has 0 saturated carbocycles. The highest BCUT2D eigenvalue weighted by Gasteiger charge is 2.09. The summed E-state index contributed by atoms with van der Waals surface area (Å²) in [6.07, 6.45) is 5.64. The average Bonchev–Trinajstić information content (AvgIpc) is 2.32. The van der Waals surface area contributed by atoms with Crippen molar-refractivity contribution in [3.05, 3.63) is 12.2 Å². The third-order valence-corrected chi connectivity index (χ3v) is 2.66. The van der Waals surface area contributed by atoms with Crippen LogP contribution in [0, 0.1) is 0 Å². The number of likely N-dealkylation sites (N-methyl/N-ethyl adjacent to an activating group) is 1. The minimum Gasteiger partial charge on any atom is -0.305 e. The topological polar surface area (TPSA) is 6.48 Å². The molecule has 0 aromatic carbocycles. The molecule has 76 valence electrons. The SMILES string of the molecule is CN1CCCN(CC=CCS)CC1. The van der Waals surface area contributed by atoms with E-state index >= 15 is 0 Å². The Hall–Kier alpha value is 0.01000. The van der Waals surface area contributed by atoms with E-state index in [1.807, 2.05) is 0 Å². The van der Waals surface area contributed by atoms with E-state index < -0.39 is 0 Å². The third-order valence-electron chi connectivity index (χ3n) is 2.45. The predicted octanol–water partition coefficient (Wildman–Crippen LogP) is 1.11. The van der Waals surface area contributed by atoms with Gasteiger partial charge in [-0.2, -0.15) is 12.6 Å². The molecular weight excluding hydrogens is 180 g/mol. The molecule has 0 unspecified atom stereocenters. The van der Waals surface area contributed by atoms with Gasteiger partial charge in [0.1, 0.15) is 0 Å². The summed E-state index contributed by atoms with van der Waals surface area (Å²) < 4.78 is 0. The smallest absolute Gasteiger partial charge is 0.0164 e. The molecular formula is C10H20N2S. The molecule has 0 radical (unpaired) electrons. The average molecular weight is 200 g/mol. The van der Waals surface area contributed by atoms with Crippen LogP contribution in [0.4, 0.5) is 0 Å². The molecule has 3 heteroatoms. The van der Waals surface area contributed by atoms with Gasteiger partial charge in [-0.05, 0) is 26.6 Å². The summed E-state index contributed by atoms with van der Waals surface area (Å²) >= 11 is 4.14. The highest BCUT2D eigenvalue weighted by molar-refractivity contribution is 7.80. The molecule has 2 nitrogen and oxygen atoms in total. The molecule has 1 heterocycles. The van der Waals surface area contributed by atoms with Crippen molar-refractivity contribution < 1.29 is 0 Å². The first-order valence-corrected chi connectivity index (χ1v) is 5.63. The maximum absolute atomic E-state index is 4.14. The van der Waals surface area contributed by atoms with Crippen molar-refractivity contribution in [1.29, 1.82) is 0 Å². The van der Waals surface area contributed by atoms with Crippen LogP contribution < -0.4 is 0 Å². The van der Waals surface area contributed by atoms with Gasteiger partial charge in [0.05, 0.1) is 0 Å². The number of rotatable bonds is 3. The molecule has 1 fully saturated rings. The van der Waals surface area contributed by atoms with Crippen LogP contribution in [0.2, 0.25) is 0 Å². The van der Waals surface area contributed by atoms with Crippen LogP contribution in [-0.2, 0) is 0 Å². The van der Waals surface area contributed by atoms with Crippen LogP contribution in [0.5, 0.6) is 0 Å². The molecule has 13 heavy (non-hydrogen) atoms. The lowest BCUT2D eigenvalue weighted by atomic mass is 10.4. The summed E-state index contributed by atoms with van der Waals surface area (Å²) in [7, 11) is 2.20. The van der Waals surface area contributed by atoms with Crippen LogP contribution >= 0.6 is 12.6 Å². The fraction of sp³-hybridized carbons (Fsp3) is 0.800. The van der Waals surface area contributed by atoms with E-state index in [2.05, 4.69) is 41.6 Å². The van der Waals surface area contributed by atoms with E-state index in [4.69, 9.17) is 0 Å². The van der Waals surface area contributed by atoms with Gasteiger partial charge in [-0.1, -0.05) is 12.2 Å². The Balaban J connectivity index is 2.21. The minimum absolute atomic E-state index is 0.855. The standard InChI is InChI=1S/C10H20N2S/c1-11-5-4-7-12(9-8-11)6-2-3-10-13/h2-3,13H,4-10H2,1H3. The Labute approximate surface area is 87.0 Å². The quantitative estimate of drug-likeness (QED) is 0.538. The number of hydrogen-bond acceptors (Lipinski definition) is 3. The molecule has 0 aromatic rings. The molecule has 1 rings (SSSR count). The van der Waals surface area contributed by atoms with Crippen molar-refractivity contribution in [2.24, 2.45) is 0 Å². The van der Waals surface area contributed by atoms with Crippen molar-refractivity contribution in [3.8, 4) is 0 Å². The van der Waals surface area contributed by atoms with Gasteiger partial charge >= 0.3 is 0 Å². The van der Waals surface area contributed by atoms with Crippen LogP contribution in [-0.4, -0.2) is 55.3 Å². The Morgan fingerprint density at radius 1 is 1.15 bits per heavy atom. The molecule has 0 atom stereocenters. The Morgan fingerprint density at radius 3 is 2.77 bits per heavy atom. The highest BCUT2D eigenvalue weighted by atomic mass is 32.1. The first-order chi connectivity index (χ1) is 6.33. The molecule has 1 saturated heterocycles. The molecule has 0 aromatic heterocycles. The second-order valence-corrected chi connectivity index (χ2v) is 3.98. The first-order valence-electron chi connectivity index (χ1n) is 4.99. The van der Waals surface area contributed by atoms with Crippen molar-refractivity contribution in [1.82, 2.24) is 9.80 Å². The fourth-order valence-corrected chi connectivity index (χ4v) is 1.73. The van der Waals surface area contributed by atoms with Gasteiger partial charge in [-0.3, -0.25) is 4.90 Å². The Kier molecular flexibility index (Phi) is 5.51. The van der Waals surface area contributed by atoms with Gasteiger partial charge < -0.3 is 4.90 Å². The Morgan fingerprint density at radius 2 is 2.00 bits per heavy atom. The summed E-state index contributed by atoms with van der Waals surface area (Å²) in [5.74, 6) is 0.855. The maximum Gasteiger partial charge on any atom is 0.0164 e. The predicted molar refractivity (Wildman–Crippen MR) is 61.5 cm³/mol. The van der Waals surface area contributed by atoms with Gasteiger partial charge in [-0.25, -0.2) is 0 Å². The minimum atomic E-state index is 0.855. The van der Waals surface area contributed by atoms with Crippen molar-refractivity contribution in [2.75, 3.05) is 45.5 Å². The van der Waals surface area contributed by atoms with Gasteiger partial charge in [0.25, 0.3) is 0 Å². The van der Waals surface area contributed by atoms with E-state index in [1.165, 1.54) is 32.6 Å². The van der Waals surface area contributed by atoms with Crippen molar-refractivity contribution >= 4 is 12.6 Å². The summed E-state index contributed by atoms with van der Waals surface area (Å²) in [5, 5.41) is 0. The molecule has 0 aliphatic carbocycles. The van der Waals surface area contributed by atoms with Gasteiger partial charge in [0, 0.05) is 25.4 Å². The number of hydrogen-bond donors (Lipinski definition) is 1. The van der Waals surface area contributed by atoms with E-state index in [1.54, 1.807) is 0 Å². The van der Waals surface area contributed by atoms with Gasteiger partial charge in [-0.15, -0.1) is 0 Å². The largest absolute Gasteiger partial charge is 0.305 e. The zero-order valence-electron chi connectivity index (χ0n) is 8.45. The second kappa shape index (κ2) is 6.46. The van der Waals surface area contributed by atoms with Crippen LogP contribution in [0.15, 0.2) is 12.2 Å². The van der Waals surface area contributed by atoms with Gasteiger partial charge in [0.15, 0.2) is 0 Å². The van der Waals surface area contributed by atoms with E-state index in [0.717, 1.165) is 12.3 Å². The molecule has 0 amide bonds. The molecule has 1 aliphatic heterocycles. The summed E-state index contributed by atoms with van der Waals surface area (Å²) in [6.45, 7) is 5.98. The summed E-state index contributed by atoms with van der Waals surface area (Å²) in [4.78, 5) is 4.91.